The maximum Gasteiger partial charge on any atom is 0.262 e. The predicted molar refractivity (Wildman–Crippen MR) is 143 cm³/mol. The summed E-state index contributed by atoms with van der Waals surface area (Å²) in [6.07, 6.45) is 0.716. The molecule has 0 saturated heterocycles. The Bertz CT molecular complexity index is 1340. The van der Waals surface area contributed by atoms with E-state index in [9.17, 15) is 9.59 Å². The first kappa shape index (κ1) is 23.8. The molecule has 0 unspecified atom stereocenters. The van der Waals surface area contributed by atoms with E-state index in [4.69, 9.17) is 9.84 Å². The molecular formula is C28H26N4O3S. The number of hydrogen-bond acceptors (Lipinski definition) is 6. The van der Waals surface area contributed by atoms with Gasteiger partial charge in [-0.1, -0.05) is 78.0 Å². The van der Waals surface area contributed by atoms with Crippen LogP contribution < -0.4 is 10.1 Å². The van der Waals surface area contributed by atoms with Crippen LogP contribution in [-0.4, -0.2) is 40.1 Å². The SMILES string of the molecule is COc1cccc(NC(=O)C[C@@H]2SC(N3N=C(c4ccc(C)cc4)C[C@@H]3c3ccccc3)=NC2=O)c1. The van der Waals surface area contributed by atoms with E-state index in [-0.39, 0.29) is 24.3 Å². The summed E-state index contributed by atoms with van der Waals surface area (Å²) in [5.41, 5.74) is 4.89. The van der Waals surface area contributed by atoms with Crippen LogP contribution in [0.2, 0.25) is 0 Å². The highest BCUT2D eigenvalue weighted by atomic mass is 32.2. The van der Waals surface area contributed by atoms with Gasteiger partial charge in [0.25, 0.3) is 5.91 Å². The molecule has 0 saturated carbocycles. The lowest BCUT2D eigenvalue weighted by Crippen LogP contribution is -2.25. The Morgan fingerprint density at radius 1 is 1.08 bits per heavy atom. The van der Waals surface area contributed by atoms with E-state index in [0.29, 0.717) is 23.0 Å². The van der Waals surface area contributed by atoms with Gasteiger partial charge in [-0.15, -0.1) is 0 Å². The molecule has 2 heterocycles. The Labute approximate surface area is 214 Å². The number of amidine groups is 1. The van der Waals surface area contributed by atoms with Crippen LogP contribution >= 0.6 is 11.8 Å². The minimum absolute atomic E-state index is 0.0199. The third-order valence-corrected chi connectivity index (χ3v) is 7.27. The van der Waals surface area contributed by atoms with Gasteiger partial charge in [-0.05, 0) is 30.2 Å². The zero-order chi connectivity index (χ0) is 25.1. The normalized spacial score (nSPS) is 19.2. The van der Waals surface area contributed by atoms with E-state index >= 15 is 0 Å². The van der Waals surface area contributed by atoms with E-state index in [2.05, 4.69) is 53.6 Å². The second-order valence-corrected chi connectivity index (χ2v) is 9.88. The Balaban J connectivity index is 1.33. The first-order valence-corrected chi connectivity index (χ1v) is 12.6. The van der Waals surface area contributed by atoms with E-state index in [1.165, 1.54) is 17.3 Å². The van der Waals surface area contributed by atoms with Crippen molar-refractivity contribution in [2.45, 2.75) is 31.1 Å². The largest absolute Gasteiger partial charge is 0.497 e. The monoisotopic (exact) mass is 498 g/mol. The highest BCUT2D eigenvalue weighted by molar-refractivity contribution is 8.15. The molecule has 36 heavy (non-hydrogen) atoms. The van der Waals surface area contributed by atoms with Gasteiger partial charge >= 0.3 is 0 Å². The number of benzene rings is 3. The summed E-state index contributed by atoms with van der Waals surface area (Å²) in [7, 11) is 1.57. The van der Waals surface area contributed by atoms with Crippen molar-refractivity contribution in [2.24, 2.45) is 10.1 Å². The van der Waals surface area contributed by atoms with Crippen LogP contribution in [-0.2, 0) is 9.59 Å². The lowest BCUT2D eigenvalue weighted by atomic mass is 9.98. The third-order valence-electron chi connectivity index (χ3n) is 6.13. The van der Waals surface area contributed by atoms with Crippen molar-refractivity contribution < 1.29 is 14.3 Å². The molecule has 2 aliphatic heterocycles. The Morgan fingerprint density at radius 2 is 1.86 bits per heavy atom. The number of nitrogens with zero attached hydrogens (tertiary/aromatic N) is 3. The zero-order valence-corrected chi connectivity index (χ0v) is 20.9. The van der Waals surface area contributed by atoms with Crippen LogP contribution in [0.15, 0.2) is 89.0 Å². The van der Waals surface area contributed by atoms with Gasteiger partial charge in [-0.3, -0.25) is 9.59 Å². The number of rotatable bonds is 6. The van der Waals surface area contributed by atoms with Gasteiger partial charge in [-0.25, -0.2) is 5.01 Å². The van der Waals surface area contributed by atoms with Gasteiger partial charge in [-0.2, -0.15) is 10.1 Å². The van der Waals surface area contributed by atoms with Crippen molar-refractivity contribution in [1.29, 1.82) is 0 Å². The summed E-state index contributed by atoms with van der Waals surface area (Å²) in [6.45, 7) is 2.05. The molecule has 3 aromatic rings. The number of carbonyl (C=O) groups excluding carboxylic acids is 2. The lowest BCUT2D eigenvalue weighted by Gasteiger charge is -2.23. The molecule has 182 valence electrons. The minimum atomic E-state index is -0.597. The average molecular weight is 499 g/mol. The Hall–Kier alpha value is -3.91. The van der Waals surface area contributed by atoms with Gasteiger partial charge in [0.15, 0.2) is 5.17 Å². The van der Waals surface area contributed by atoms with Crippen molar-refractivity contribution in [1.82, 2.24) is 5.01 Å². The van der Waals surface area contributed by atoms with Crippen molar-refractivity contribution in [3.8, 4) is 5.75 Å². The highest BCUT2D eigenvalue weighted by Gasteiger charge is 2.39. The number of aliphatic imine (C=N–C) groups is 1. The molecule has 0 aromatic heterocycles. The second kappa shape index (κ2) is 10.4. The van der Waals surface area contributed by atoms with Crippen LogP contribution in [0.5, 0.6) is 5.75 Å². The molecule has 5 rings (SSSR count). The van der Waals surface area contributed by atoms with Crippen molar-refractivity contribution in [3.63, 3.8) is 0 Å². The summed E-state index contributed by atoms with van der Waals surface area (Å²) in [6, 6.07) is 25.4. The molecule has 1 N–H and O–H groups in total. The number of hydrogen-bond donors (Lipinski definition) is 1. The predicted octanol–water partition coefficient (Wildman–Crippen LogP) is 5.18. The highest BCUT2D eigenvalue weighted by Crippen LogP contribution is 2.38. The fourth-order valence-electron chi connectivity index (χ4n) is 4.23. The first-order chi connectivity index (χ1) is 17.5. The number of thioether (sulfide) groups is 1. The quantitative estimate of drug-likeness (QED) is 0.506. The molecule has 2 atom stereocenters. The van der Waals surface area contributed by atoms with Crippen LogP contribution in [0.1, 0.15) is 35.6 Å². The molecule has 0 radical (unpaired) electrons. The van der Waals surface area contributed by atoms with Gasteiger partial charge in [0.1, 0.15) is 11.0 Å². The molecule has 0 fully saturated rings. The van der Waals surface area contributed by atoms with Gasteiger partial charge in [0.05, 0.1) is 18.9 Å². The van der Waals surface area contributed by atoms with Crippen molar-refractivity contribution in [2.75, 3.05) is 12.4 Å². The van der Waals surface area contributed by atoms with E-state index in [1.807, 2.05) is 23.2 Å². The molecule has 0 aliphatic carbocycles. The lowest BCUT2D eigenvalue weighted by molar-refractivity contribution is -0.121. The number of ether oxygens (including phenoxy) is 1. The maximum absolute atomic E-state index is 12.8. The van der Waals surface area contributed by atoms with Crippen molar-refractivity contribution in [3.05, 3.63) is 95.6 Å². The second-order valence-electron chi connectivity index (χ2n) is 8.71. The van der Waals surface area contributed by atoms with Gasteiger partial charge in [0, 0.05) is 24.6 Å². The van der Waals surface area contributed by atoms with E-state index in [0.717, 1.165) is 16.8 Å². The summed E-state index contributed by atoms with van der Waals surface area (Å²) < 4.78 is 5.21. The molecule has 7 nitrogen and oxygen atoms in total. The first-order valence-electron chi connectivity index (χ1n) is 11.7. The molecular weight excluding hydrogens is 472 g/mol. The smallest absolute Gasteiger partial charge is 0.262 e. The number of anilines is 1. The summed E-state index contributed by atoms with van der Waals surface area (Å²) in [5, 5.41) is 9.50. The fraction of sp³-hybridized carbons (Fsp3) is 0.214. The third kappa shape index (κ3) is 5.18. The van der Waals surface area contributed by atoms with E-state index < -0.39 is 5.25 Å². The molecule has 8 heteroatoms. The molecule has 3 aromatic carbocycles. The number of amides is 2. The topological polar surface area (TPSA) is 83.4 Å². The van der Waals surface area contributed by atoms with E-state index in [1.54, 1.807) is 31.4 Å². The molecule has 0 bridgehead atoms. The van der Waals surface area contributed by atoms with Gasteiger partial charge < -0.3 is 10.1 Å². The van der Waals surface area contributed by atoms with Crippen LogP contribution in [0.3, 0.4) is 0 Å². The average Bonchev–Trinajstić information content (AvgIpc) is 3.49. The van der Waals surface area contributed by atoms with Crippen LogP contribution in [0.25, 0.3) is 0 Å². The summed E-state index contributed by atoms with van der Waals surface area (Å²) in [5.74, 6) is 0.0741. The maximum atomic E-state index is 12.8. The van der Waals surface area contributed by atoms with Crippen LogP contribution in [0.4, 0.5) is 5.69 Å². The molecule has 0 spiro atoms. The molecule has 2 aliphatic rings. The summed E-state index contributed by atoms with van der Waals surface area (Å²) in [4.78, 5) is 29.8. The van der Waals surface area contributed by atoms with Crippen molar-refractivity contribution >= 4 is 40.1 Å². The standard InChI is InChI=1S/C28H26N4O3S/c1-18-11-13-19(14-12-18)23-16-24(20-7-4-3-5-8-20)32(31-23)28-30-27(34)25(36-28)17-26(33)29-21-9-6-10-22(15-21)35-2/h3-15,24-25H,16-17H2,1-2H3,(H,29,33)/t24-,25+/m1/s1. The Morgan fingerprint density at radius 3 is 2.61 bits per heavy atom. The number of hydrazone groups is 1. The Kier molecular flexibility index (Phi) is 6.86. The summed E-state index contributed by atoms with van der Waals surface area (Å²) >= 11 is 1.29. The van der Waals surface area contributed by atoms with Gasteiger partial charge in [0.2, 0.25) is 5.91 Å². The number of carbonyl (C=O) groups is 2. The number of aryl methyl sites for hydroxylation is 1. The fourth-order valence-corrected chi connectivity index (χ4v) is 5.29. The minimum Gasteiger partial charge on any atom is -0.497 e. The van der Waals surface area contributed by atoms with Crippen LogP contribution in [0, 0.1) is 6.92 Å². The number of nitrogens with one attached hydrogen (secondary N) is 1. The zero-order valence-electron chi connectivity index (χ0n) is 20.0. The molecule has 2 amide bonds. The number of methoxy groups -OCH3 is 1.